The maximum absolute atomic E-state index is 13.6. The average molecular weight is 213 g/mol. The molecule has 0 aliphatic heterocycles. The highest BCUT2D eigenvalue weighted by molar-refractivity contribution is 6.13. The van der Waals surface area contributed by atoms with Crippen LogP contribution in [0.1, 0.15) is 10.4 Å². The van der Waals surface area contributed by atoms with Crippen LogP contribution in [0.5, 0.6) is 0 Å². The lowest BCUT2D eigenvalue weighted by molar-refractivity contribution is 0.112. The third-order valence-electron chi connectivity index (χ3n) is 2.77. The molecule has 1 aromatic heterocycles. The van der Waals surface area contributed by atoms with Crippen LogP contribution in [0, 0.1) is 5.82 Å². The molecule has 3 aromatic rings. The van der Waals surface area contributed by atoms with Crippen LogP contribution >= 0.6 is 0 Å². The van der Waals surface area contributed by atoms with E-state index in [0.29, 0.717) is 16.5 Å². The lowest BCUT2D eigenvalue weighted by Gasteiger charge is -1.96. The summed E-state index contributed by atoms with van der Waals surface area (Å²) in [6.07, 6.45) is 0.752. The highest BCUT2D eigenvalue weighted by atomic mass is 19.1. The normalized spacial score (nSPS) is 11.1. The molecule has 0 unspecified atom stereocenters. The van der Waals surface area contributed by atoms with Gasteiger partial charge in [0.1, 0.15) is 5.82 Å². The molecule has 16 heavy (non-hydrogen) atoms. The van der Waals surface area contributed by atoms with Gasteiger partial charge in [0.05, 0.1) is 5.52 Å². The fourth-order valence-corrected chi connectivity index (χ4v) is 2.05. The lowest BCUT2D eigenvalue weighted by Crippen LogP contribution is -1.84. The summed E-state index contributed by atoms with van der Waals surface area (Å²) in [5, 5.41) is 1.53. The third-order valence-corrected chi connectivity index (χ3v) is 2.77. The maximum Gasteiger partial charge on any atom is 0.150 e. The van der Waals surface area contributed by atoms with E-state index in [1.165, 1.54) is 12.1 Å². The zero-order valence-corrected chi connectivity index (χ0v) is 8.33. The molecule has 3 rings (SSSR count). The summed E-state index contributed by atoms with van der Waals surface area (Å²) >= 11 is 0. The molecule has 0 atom stereocenters. The molecule has 0 bridgehead atoms. The van der Waals surface area contributed by atoms with Crippen LogP contribution < -0.4 is 0 Å². The maximum atomic E-state index is 13.6. The zero-order valence-electron chi connectivity index (χ0n) is 8.33. The second kappa shape index (κ2) is 3.17. The SMILES string of the molecule is O=Cc1ccc(F)c2[nH]c3ccccc3c12. The van der Waals surface area contributed by atoms with Gasteiger partial charge in [0.25, 0.3) is 0 Å². The van der Waals surface area contributed by atoms with Crippen LogP contribution in [0.25, 0.3) is 21.8 Å². The van der Waals surface area contributed by atoms with Gasteiger partial charge in [0, 0.05) is 21.9 Å². The minimum absolute atomic E-state index is 0.336. The number of nitrogens with one attached hydrogen (secondary N) is 1. The van der Waals surface area contributed by atoms with Crippen molar-refractivity contribution in [2.24, 2.45) is 0 Å². The summed E-state index contributed by atoms with van der Waals surface area (Å²) in [5.74, 6) is -0.336. The lowest BCUT2D eigenvalue weighted by atomic mass is 10.1. The van der Waals surface area contributed by atoms with Crippen LogP contribution in [0.3, 0.4) is 0 Å². The topological polar surface area (TPSA) is 32.9 Å². The van der Waals surface area contributed by atoms with Crippen molar-refractivity contribution < 1.29 is 9.18 Å². The highest BCUT2D eigenvalue weighted by Gasteiger charge is 2.11. The van der Waals surface area contributed by atoms with E-state index in [1.54, 1.807) is 0 Å². The van der Waals surface area contributed by atoms with Crippen LogP contribution in [-0.2, 0) is 0 Å². The fourth-order valence-electron chi connectivity index (χ4n) is 2.05. The van der Waals surface area contributed by atoms with Gasteiger partial charge in [0.15, 0.2) is 6.29 Å². The predicted molar refractivity (Wildman–Crippen MR) is 61.2 cm³/mol. The largest absolute Gasteiger partial charge is 0.352 e. The Labute approximate surface area is 90.7 Å². The summed E-state index contributed by atoms with van der Waals surface area (Å²) in [6.45, 7) is 0. The summed E-state index contributed by atoms with van der Waals surface area (Å²) in [7, 11) is 0. The number of para-hydroxylation sites is 1. The Morgan fingerprint density at radius 2 is 1.94 bits per heavy atom. The number of aromatic amines is 1. The Morgan fingerprint density at radius 1 is 1.12 bits per heavy atom. The number of hydrogen-bond donors (Lipinski definition) is 1. The number of halogens is 1. The first kappa shape index (κ1) is 9.09. The van der Waals surface area contributed by atoms with Crippen molar-refractivity contribution in [3.05, 3.63) is 47.8 Å². The van der Waals surface area contributed by atoms with Crippen molar-refractivity contribution in [3.63, 3.8) is 0 Å². The smallest absolute Gasteiger partial charge is 0.150 e. The Kier molecular flexibility index (Phi) is 1.80. The second-order valence-corrected chi connectivity index (χ2v) is 3.68. The first-order valence-electron chi connectivity index (χ1n) is 4.95. The van der Waals surface area contributed by atoms with Crippen molar-refractivity contribution >= 4 is 28.1 Å². The number of fused-ring (bicyclic) bond motifs is 3. The van der Waals surface area contributed by atoms with Gasteiger partial charge in [-0.15, -0.1) is 0 Å². The van der Waals surface area contributed by atoms with Crippen LogP contribution in [0.15, 0.2) is 36.4 Å². The van der Waals surface area contributed by atoms with Crippen LogP contribution in [0.2, 0.25) is 0 Å². The molecule has 1 N–H and O–H groups in total. The molecule has 0 aliphatic carbocycles. The fraction of sp³-hybridized carbons (Fsp3) is 0. The third kappa shape index (κ3) is 1.08. The first-order valence-corrected chi connectivity index (χ1v) is 4.95. The van der Waals surface area contributed by atoms with Crippen molar-refractivity contribution in [2.45, 2.75) is 0 Å². The number of carbonyl (C=O) groups is 1. The monoisotopic (exact) mass is 213 g/mol. The number of carbonyl (C=O) groups excluding carboxylic acids is 1. The summed E-state index contributed by atoms with van der Waals surface area (Å²) in [6, 6.07) is 10.3. The van der Waals surface area contributed by atoms with Crippen molar-refractivity contribution in [2.75, 3.05) is 0 Å². The van der Waals surface area contributed by atoms with Gasteiger partial charge >= 0.3 is 0 Å². The molecule has 0 radical (unpaired) electrons. The molecular weight excluding hydrogens is 205 g/mol. The quantitative estimate of drug-likeness (QED) is 0.618. The van der Waals surface area contributed by atoms with Gasteiger partial charge < -0.3 is 4.98 Å². The Morgan fingerprint density at radius 3 is 2.75 bits per heavy atom. The Balaban J connectivity index is 2.64. The van der Waals surface area contributed by atoms with E-state index in [1.807, 2.05) is 24.3 Å². The summed E-state index contributed by atoms with van der Waals surface area (Å²) in [4.78, 5) is 13.9. The van der Waals surface area contributed by atoms with Crippen LogP contribution in [0.4, 0.5) is 4.39 Å². The number of rotatable bonds is 1. The molecule has 2 nitrogen and oxygen atoms in total. The molecule has 78 valence electrons. The molecule has 0 aliphatic rings. The number of hydrogen-bond acceptors (Lipinski definition) is 1. The second-order valence-electron chi connectivity index (χ2n) is 3.68. The van der Waals surface area contributed by atoms with E-state index in [9.17, 15) is 9.18 Å². The summed E-state index contributed by atoms with van der Waals surface area (Å²) in [5.41, 5.74) is 1.74. The molecule has 0 saturated heterocycles. The molecular formula is C13H8FNO. The number of aromatic nitrogens is 1. The van der Waals surface area contributed by atoms with E-state index in [2.05, 4.69) is 4.98 Å². The average Bonchev–Trinajstić information content (AvgIpc) is 2.70. The minimum atomic E-state index is -0.336. The number of benzene rings is 2. The number of H-pyrrole nitrogens is 1. The standard InChI is InChI=1S/C13H8FNO/c14-10-6-5-8(7-16)12-9-3-1-2-4-11(9)15-13(10)12/h1-7,15H. The minimum Gasteiger partial charge on any atom is -0.352 e. The molecule has 0 saturated carbocycles. The van der Waals surface area contributed by atoms with E-state index < -0.39 is 0 Å². The van der Waals surface area contributed by atoms with Gasteiger partial charge in [-0.25, -0.2) is 4.39 Å². The van der Waals surface area contributed by atoms with Gasteiger partial charge in [-0.3, -0.25) is 4.79 Å². The van der Waals surface area contributed by atoms with Gasteiger partial charge in [0.2, 0.25) is 0 Å². The van der Waals surface area contributed by atoms with Crippen molar-refractivity contribution in [1.82, 2.24) is 4.98 Å². The zero-order chi connectivity index (χ0) is 11.1. The number of aldehydes is 1. The predicted octanol–water partition coefficient (Wildman–Crippen LogP) is 3.27. The molecule has 2 aromatic carbocycles. The van der Waals surface area contributed by atoms with Crippen molar-refractivity contribution in [3.8, 4) is 0 Å². The van der Waals surface area contributed by atoms with Gasteiger partial charge in [-0.05, 0) is 18.2 Å². The van der Waals surface area contributed by atoms with E-state index in [-0.39, 0.29) is 5.82 Å². The molecule has 1 heterocycles. The van der Waals surface area contributed by atoms with Gasteiger partial charge in [-0.2, -0.15) is 0 Å². The highest BCUT2D eigenvalue weighted by Crippen LogP contribution is 2.29. The molecule has 3 heteroatoms. The molecule has 0 fully saturated rings. The molecule has 0 amide bonds. The Hall–Kier alpha value is -2.16. The van der Waals surface area contributed by atoms with E-state index in [0.717, 1.165) is 17.2 Å². The van der Waals surface area contributed by atoms with Crippen molar-refractivity contribution in [1.29, 1.82) is 0 Å². The summed E-state index contributed by atoms with van der Waals surface area (Å²) < 4.78 is 13.6. The molecule has 0 spiro atoms. The van der Waals surface area contributed by atoms with E-state index >= 15 is 0 Å². The van der Waals surface area contributed by atoms with Crippen LogP contribution in [-0.4, -0.2) is 11.3 Å². The van der Waals surface area contributed by atoms with Gasteiger partial charge in [-0.1, -0.05) is 18.2 Å². The van der Waals surface area contributed by atoms with E-state index in [4.69, 9.17) is 0 Å². The Bertz CT molecular complexity index is 700. The first-order chi connectivity index (χ1) is 7.81.